The summed E-state index contributed by atoms with van der Waals surface area (Å²) in [5, 5.41) is 5.51. The minimum atomic E-state index is -3.35. The van der Waals surface area contributed by atoms with Crippen molar-refractivity contribution in [2.75, 3.05) is 30.0 Å². The first kappa shape index (κ1) is 24.6. The number of ether oxygens (including phenoxy) is 1. The number of hydrogen-bond donors (Lipinski definition) is 2. The molecular formula is C27H35N5O4S. The van der Waals surface area contributed by atoms with Gasteiger partial charge in [0.15, 0.2) is 15.7 Å². The van der Waals surface area contributed by atoms with E-state index in [4.69, 9.17) is 14.7 Å². The highest BCUT2D eigenvalue weighted by Gasteiger charge is 2.59. The lowest BCUT2D eigenvalue weighted by Crippen LogP contribution is -2.44. The van der Waals surface area contributed by atoms with Gasteiger partial charge in [0.25, 0.3) is 0 Å². The largest absolute Gasteiger partial charge is 0.377 e. The summed E-state index contributed by atoms with van der Waals surface area (Å²) in [4.78, 5) is 24.1. The van der Waals surface area contributed by atoms with Crippen LogP contribution in [0, 0.1) is 0 Å². The van der Waals surface area contributed by atoms with Crippen LogP contribution in [0.4, 0.5) is 16.3 Å². The summed E-state index contributed by atoms with van der Waals surface area (Å²) in [5.41, 5.74) is 2.08. The molecule has 10 heteroatoms. The van der Waals surface area contributed by atoms with Gasteiger partial charge in [0.05, 0.1) is 30.2 Å². The Bertz CT molecular complexity index is 1270. The number of amides is 2. The average Bonchev–Trinajstić information content (AvgIpc) is 3.82. The van der Waals surface area contributed by atoms with Gasteiger partial charge in [-0.25, -0.2) is 23.2 Å². The second kappa shape index (κ2) is 9.54. The molecule has 1 aliphatic heterocycles. The number of morpholine rings is 1. The van der Waals surface area contributed by atoms with Crippen molar-refractivity contribution in [3.63, 3.8) is 0 Å². The third kappa shape index (κ3) is 4.81. The summed E-state index contributed by atoms with van der Waals surface area (Å²) < 4.78 is 32.3. The maximum atomic E-state index is 13.8. The van der Waals surface area contributed by atoms with Crippen LogP contribution in [-0.2, 0) is 19.3 Å². The van der Waals surface area contributed by atoms with Crippen LogP contribution < -0.4 is 15.5 Å². The molecule has 1 atom stereocenters. The summed E-state index contributed by atoms with van der Waals surface area (Å²) in [5.74, 6) is 1.25. The molecule has 198 valence electrons. The van der Waals surface area contributed by atoms with Crippen LogP contribution in [0.15, 0.2) is 30.3 Å². The zero-order chi connectivity index (χ0) is 25.6. The predicted molar refractivity (Wildman–Crippen MR) is 142 cm³/mol. The van der Waals surface area contributed by atoms with Crippen LogP contribution in [0.3, 0.4) is 0 Å². The molecule has 3 saturated carbocycles. The van der Waals surface area contributed by atoms with Crippen molar-refractivity contribution >= 4 is 27.4 Å². The van der Waals surface area contributed by atoms with Crippen LogP contribution in [0.1, 0.15) is 64.0 Å². The highest BCUT2D eigenvalue weighted by Crippen LogP contribution is 2.55. The number of sulfone groups is 1. The van der Waals surface area contributed by atoms with E-state index < -0.39 is 14.6 Å². The first-order valence-corrected chi connectivity index (χ1v) is 15.1. The van der Waals surface area contributed by atoms with E-state index in [1.807, 2.05) is 30.3 Å². The maximum Gasteiger partial charge on any atom is 0.319 e. The molecule has 0 unspecified atom stereocenters. The van der Waals surface area contributed by atoms with Gasteiger partial charge in [0.2, 0.25) is 0 Å². The minimum absolute atomic E-state index is 0.127. The van der Waals surface area contributed by atoms with Crippen molar-refractivity contribution in [3.8, 4) is 11.4 Å². The summed E-state index contributed by atoms with van der Waals surface area (Å²) in [6.45, 7) is 3.99. The highest BCUT2D eigenvalue weighted by molar-refractivity contribution is 7.93. The van der Waals surface area contributed by atoms with Crippen LogP contribution >= 0.6 is 0 Å². The monoisotopic (exact) mass is 525 g/mol. The Morgan fingerprint density at radius 1 is 1.08 bits per heavy atom. The first-order valence-electron chi connectivity index (χ1n) is 13.5. The zero-order valence-corrected chi connectivity index (χ0v) is 22.1. The molecule has 0 spiro atoms. The van der Waals surface area contributed by atoms with Crippen molar-refractivity contribution in [3.05, 3.63) is 36.0 Å². The predicted octanol–water partition coefficient (Wildman–Crippen LogP) is 4.00. The number of nitrogens with one attached hydrogen (secondary N) is 2. The van der Waals surface area contributed by atoms with E-state index in [2.05, 4.69) is 22.5 Å². The molecule has 2 amide bonds. The van der Waals surface area contributed by atoms with E-state index in [-0.39, 0.29) is 23.4 Å². The van der Waals surface area contributed by atoms with Gasteiger partial charge >= 0.3 is 6.03 Å². The Labute approximate surface area is 218 Å². The van der Waals surface area contributed by atoms with E-state index in [1.54, 1.807) is 0 Å². The number of rotatable bonds is 7. The lowest BCUT2D eigenvalue weighted by molar-refractivity contribution is 0.0985. The summed E-state index contributed by atoms with van der Waals surface area (Å²) in [6.07, 6.45) is 6.73. The molecule has 4 fully saturated rings. The molecule has 2 N–H and O–H groups in total. The molecule has 2 heterocycles. The number of hydrogen-bond acceptors (Lipinski definition) is 7. The van der Waals surface area contributed by atoms with Crippen molar-refractivity contribution in [1.82, 2.24) is 15.3 Å². The molecule has 2 aromatic rings. The summed E-state index contributed by atoms with van der Waals surface area (Å²) in [6, 6.07) is 9.53. The number of benzene rings is 1. The van der Waals surface area contributed by atoms with E-state index in [1.165, 1.54) is 0 Å². The van der Waals surface area contributed by atoms with Gasteiger partial charge in [-0.1, -0.05) is 12.8 Å². The molecule has 1 saturated heterocycles. The molecule has 9 nitrogen and oxygen atoms in total. The fourth-order valence-corrected chi connectivity index (χ4v) is 8.27. The standard InChI is InChI=1S/C27H35N5O4S/c1-18-17-36-15-14-32(18)24-16-23(27(12-13-27)37(34,35)22-4-2-3-5-22)30-25(31-24)19-6-8-20(9-7-19)28-26(33)29-21-10-11-21/h6-9,16,18,21-22H,2-5,10-15,17H2,1H3,(H2,28,29,33)/t18-/m0/s1. The number of carbonyl (C=O) groups excluding carboxylic acids is 1. The van der Waals surface area contributed by atoms with Gasteiger partial charge in [-0.3, -0.25) is 0 Å². The molecule has 0 bridgehead atoms. The van der Waals surface area contributed by atoms with Crippen LogP contribution in [0.2, 0.25) is 0 Å². The van der Waals surface area contributed by atoms with Gasteiger partial charge < -0.3 is 20.3 Å². The third-order valence-electron chi connectivity index (χ3n) is 8.14. The molecule has 0 radical (unpaired) electrons. The Balaban J connectivity index is 1.34. The quantitative estimate of drug-likeness (QED) is 0.562. The topological polar surface area (TPSA) is 114 Å². The van der Waals surface area contributed by atoms with Crippen LogP contribution in [0.25, 0.3) is 11.4 Å². The minimum Gasteiger partial charge on any atom is -0.377 e. The van der Waals surface area contributed by atoms with Crippen molar-refractivity contribution in [2.45, 2.75) is 80.4 Å². The van der Waals surface area contributed by atoms with E-state index >= 15 is 0 Å². The van der Waals surface area contributed by atoms with Gasteiger partial charge in [0, 0.05) is 29.9 Å². The summed E-state index contributed by atoms with van der Waals surface area (Å²) >= 11 is 0. The normalized spacial score (nSPS) is 23.6. The van der Waals surface area contributed by atoms with Crippen molar-refractivity contribution in [1.29, 1.82) is 0 Å². The number of nitrogens with zero attached hydrogens (tertiary/aromatic N) is 3. The van der Waals surface area contributed by atoms with Gasteiger partial charge in [0.1, 0.15) is 10.6 Å². The van der Waals surface area contributed by atoms with Crippen molar-refractivity contribution in [2.24, 2.45) is 0 Å². The van der Waals surface area contributed by atoms with Crippen molar-refractivity contribution < 1.29 is 17.9 Å². The molecule has 1 aromatic heterocycles. The number of aromatic nitrogens is 2. The fraction of sp³-hybridized carbons (Fsp3) is 0.593. The van der Waals surface area contributed by atoms with E-state index in [0.29, 0.717) is 49.8 Å². The number of carbonyl (C=O) groups is 1. The third-order valence-corrected chi connectivity index (χ3v) is 11.2. The Morgan fingerprint density at radius 2 is 1.81 bits per heavy atom. The fourth-order valence-electron chi connectivity index (χ4n) is 5.61. The molecule has 4 aliphatic rings. The highest BCUT2D eigenvalue weighted by atomic mass is 32.2. The molecule has 3 aliphatic carbocycles. The lowest BCUT2D eigenvalue weighted by Gasteiger charge is -2.35. The van der Waals surface area contributed by atoms with Gasteiger partial charge in [-0.05, 0) is 69.7 Å². The second-order valence-corrected chi connectivity index (χ2v) is 13.5. The Kier molecular flexibility index (Phi) is 6.35. The first-order chi connectivity index (χ1) is 17.9. The molecular weight excluding hydrogens is 490 g/mol. The second-order valence-electron chi connectivity index (χ2n) is 10.9. The molecule has 37 heavy (non-hydrogen) atoms. The van der Waals surface area contributed by atoms with E-state index in [9.17, 15) is 13.2 Å². The number of urea groups is 1. The lowest BCUT2D eigenvalue weighted by atomic mass is 10.1. The van der Waals surface area contributed by atoms with Crippen LogP contribution in [0.5, 0.6) is 0 Å². The zero-order valence-electron chi connectivity index (χ0n) is 21.3. The molecule has 1 aromatic carbocycles. The Morgan fingerprint density at radius 3 is 2.46 bits per heavy atom. The maximum absolute atomic E-state index is 13.8. The van der Waals surface area contributed by atoms with Crippen LogP contribution in [-0.4, -0.2) is 61.5 Å². The molecule has 6 rings (SSSR count). The average molecular weight is 526 g/mol. The summed E-state index contributed by atoms with van der Waals surface area (Å²) in [7, 11) is -3.35. The van der Waals surface area contributed by atoms with E-state index in [0.717, 1.165) is 49.9 Å². The SMILES string of the molecule is C[C@H]1COCCN1c1cc(C2(S(=O)(=O)C3CCCC3)CC2)nc(-c2ccc(NC(=O)NC3CC3)cc2)n1. The number of anilines is 2. The Hall–Kier alpha value is -2.72. The smallest absolute Gasteiger partial charge is 0.319 e. The van der Waals surface area contributed by atoms with Gasteiger partial charge in [-0.2, -0.15) is 0 Å². The van der Waals surface area contributed by atoms with Gasteiger partial charge in [-0.15, -0.1) is 0 Å².